The van der Waals surface area contributed by atoms with Crippen molar-refractivity contribution in [2.75, 3.05) is 6.61 Å². The molecule has 3 rings (SSSR count). The fourth-order valence-electron chi connectivity index (χ4n) is 2.30. The van der Waals surface area contributed by atoms with Crippen LogP contribution in [0.3, 0.4) is 0 Å². The van der Waals surface area contributed by atoms with Gasteiger partial charge in [0.1, 0.15) is 19.0 Å². The predicted molar refractivity (Wildman–Crippen MR) is 83.8 cm³/mol. The molecule has 0 saturated heterocycles. The molecule has 28 heavy (non-hydrogen) atoms. The van der Waals surface area contributed by atoms with E-state index in [1.54, 1.807) is 30.3 Å². The molecule has 0 aliphatic heterocycles. The molecule has 1 atom stereocenters. The zero-order valence-corrected chi connectivity index (χ0v) is 13.8. The summed E-state index contributed by atoms with van der Waals surface area (Å²) in [6.45, 7) is -1.87. The Hall–Kier alpha value is -3.18. The highest BCUT2D eigenvalue weighted by Gasteiger charge is 2.57. The highest BCUT2D eigenvalue weighted by atomic mass is 19.4. The van der Waals surface area contributed by atoms with Gasteiger partial charge in [-0.25, -0.2) is 24.0 Å². The van der Waals surface area contributed by atoms with Crippen molar-refractivity contribution in [1.82, 2.24) is 24.7 Å². The van der Waals surface area contributed by atoms with Gasteiger partial charge in [0.15, 0.2) is 12.4 Å². The van der Waals surface area contributed by atoms with Gasteiger partial charge < -0.3 is 4.74 Å². The Morgan fingerprint density at radius 1 is 1.00 bits per heavy atom. The van der Waals surface area contributed by atoms with Crippen LogP contribution in [0.15, 0.2) is 49.3 Å². The molecule has 0 fully saturated rings. The summed E-state index contributed by atoms with van der Waals surface area (Å²) in [5, 5.41) is 3.89. The van der Waals surface area contributed by atoms with Gasteiger partial charge in [0.05, 0.1) is 5.56 Å². The maximum atomic E-state index is 13.6. The minimum Gasteiger partial charge on any atom is -0.471 e. The van der Waals surface area contributed by atoms with E-state index in [4.69, 9.17) is 4.74 Å². The number of benzene rings is 1. The Bertz CT molecular complexity index is 917. The molecular weight excluding hydrogens is 392 g/mol. The zero-order chi connectivity index (χ0) is 20.4. The van der Waals surface area contributed by atoms with Crippen LogP contribution >= 0.6 is 0 Å². The summed E-state index contributed by atoms with van der Waals surface area (Å²) in [4.78, 5) is 11.5. The monoisotopic (exact) mass is 403 g/mol. The second-order valence-corrected chi connectivity index (χ2v) is 5.54. The van der Waals surface area contributed by atoms with Crippen LogP contribution in [0.25, 0.3) is 16.9 Å². The Kier molecular flexibility index (Phi) is 5.21. The molecule has 6 nitrogen and oxygen atoms in total. The van der Waals surface area contributed by atoms with E-state index in [9.17, 15) is 26.3 Å². The van der Waals surface area contributed by atoms with Gasteiger partial charge in [-0.15, -0.1) is 0 Å². The lowest BCUT2D eigenvalue weighted by Crippen LogP contribution is -2.45. The van der Waals surface area contributed by atoms with Gasteiger partial charge in [-0.2, -0.15) is 27.1 Å². The average molecular weight is 403 g/mol. The normalized spacial score (nSPS) is 13.4. The van der Waals surface area contributed by atoms with Crippen molar-refractivity contribution >= 4 is 0 Å². The maximum absolute atomic E-state index is 13.6. The molecule has 2 heterocycles. The van der Waals surface area contributed by atoms with Gasteiger partial charge in [0.2, 0.25) is 5.88 Å². The molecule has 1 aromatic carbocycles. The minimum atomic E-state index is -5.73. The lowest BCUT2D eigenvalue weighted by molar-refractivity contribution is -0.250. The van der Waals surface area contributed by atoms with E-state index in [2.05, 4.69) is 20.1 Å². The molecule has 0 aliphatic carbocycles. The van der Waals surface area contributed by atoms with Crippen LogP contribution < -0.4 is 4.74 Å². The number of hydrogen-bond donors (Lipinski definition) is 0. The number of hydrogen-bond acceptors (Lipinski definition) is 5. The third kappa shape index (κ3) is 4.05. The number of halogens is 6. The van der Waals surface area contributed by atoms with E-state index in [1.165, 1.54) is 17.3 Å². The Balaban J connectivity index is 1.99. The van der Waals surface area contributed by atoms with Crippen molar-refractivity contribution in [2.45, 2.75) is 18.3 Å². The summed E-state index contributed by atoms with van der Waals surface area (Å²) in [6, 6.07) is 8.11. The molecule has 12 heteroatoms. The van der Waals surface area contributed by atoms with Crippen LogP contribution in [0.4, 0.5) is 26.3 Å². The maximum Gasteiger partial charge on any atom is 0.425 e. The topological polar surface area (TPSA) is 65.7 Å². The SMILES string of the molecule is FC(C(F)(F)F)C(F)(F)COc1ncnc(-n2cncn2)c1-c1ccccc1. The number of aromatic nitrogens is 5. The molecular formula is C16H11F6N5O. The summed E-state index contributed by atoms with van der Waals surface area (Å²) in [5.41, 5.74) is 0.492. The van der Waals surface area contributed by atoms with Crippen molar-refractivity contribution in [2.24, 2.45) is 0 Å². The lowest BCUT2D eigenvalue weighted by atomic mass is 10.1. The van der Waals surface area contributed by atoms with Gasteiger partial charge in [0, 0.05) is 0 Å². The summed E-state index contributed by atoms with van der Waals surface area (Å²) < 4.78 is 83.3. The van der Waals surface area contributed by atoms with Crippen LogP contribution in [-0.4, -0.2) is 49.6 Å². The minimum absolute atomic E-state index is 0.0758. The number of ether oxygens (including phenoxy) is 1. The third-order valence-corrected chi connectivity index (χ3v) is 3.55. The molecule has 148 valence electrons. The first-order valence-electron chi connectivity index (χ1n) is 7.67. The smallest absolute Gasteiger partial charge is 0.425 e. The zero-order valence-electron chi connectivity index (χ0n) is 13.8. The molecule has 1 unspecified atom stereocenters. The fraction of sp³-hybridized carbons (Fsp3) is 0.250. The fourth-order valence-corrected chi connectivity index (χ4v) is 2.30. The molecule has 0 saturated carbocycles. The summed E-state index contributed by atoms with van der Waals surface area (Å²) >= 11 is 0. The van der Waals surface area contributed by atoms with Crippen LogP contribution in [0.1, 0.15) is 0 Å². The van der Waals surface area contributed by atoms with Crippen molar-refractivity contribution in [3.63, 3.8) is 0 Å². The lowest BCUT2D eigenvalue weighted by Gasteiger charge is -2.23. The standard InChI is InChI=1S/C16H11F6N5O/c17-14(16(20,21)22)15(18,19)6-28-13-11(10-4-2-1-3-5-10)12(24-8-25-13)27-9-23-7-26-27/h1-5,7-9,14H,6H2. The van der Waals surface area contributed by atoms with E-state index < -0.39 is 30.8 Å². The second kappa shape index (κ2) is 7.44. The molecule has 2 aromatic heterocycles. The van der Waals surface area contributed by atoms with E-state index in [1.807, 2.05) is 0 Å². The second-order valence-electron chi connectivity index (χ2n) is 5.54. The summed E-state index contributed by atoms with van der Waals surface area (Å²) in [6.07, 6.45) is -6.69. The van der Waals surface area contributed by atoms with E-state index in [0.717, 1.165) is 6.33 Å². The molecule has 0 N–H and O–H groups in total. The van der Waals surface area contributed by atoms with E-state index >= 15 is 0 Å². The van der Waals surface area contributed by atoms with Gasteiger partial charge >= 0.3 is 12.1 Å². The van der Waals surface area contributed by atoms with Crippen LogP contribution in [-0.2, 0) is 0 Å². The van der Waals surface area contributed by atoms with E-state index in [0.29, 0.717) is 5.56 Å². The van der Waals surface area contributed by atoms with Crippen molar-refractivity contribution < 1.29 is 31.1 Å². The first-order chi connectivity index (χ1) is 13.2. The van der Waals surface area contributed by atoms with Gasteiger partial charge in [-0.05, 0) is 5.56 Å². The van der Waals surface area contributed by atoms with Gasteiger partial charge in [0.25, 0.3) is 6.17 Å². The molecule has 3 aromatic rings. The number of alkyl halides is 6. The average Bonchev–Trinajstić information content (AvgIpc) is 3.20. The first-order valence-corrected chi connectivity index (χ1v) is 7.67. The summed E-state index contributed by atoms with van der Waals surface area (Å²) in [5.74, 6) is -5.18. The molecule has 0 radical (unpaired) electrons. The third-order valence-electron chi connectivity index (χ3n) is 3.55. The van der Waals surface area contributed by atoms with Crippen molar-refractivity contribution in [1.29, 1.82) is 0 Å². The van der Waals surface area contributed by atoms with Gasteiger partial charge in [-0.1, -0.05) is 30.3 Å². The molecule has 0 amide bonds. The van der Waals surface area contributed by atoms with Crippen LogP contribution in [0, 0.1) is 0 Å². The van der Waals surface area contributed by atoms with Gasteiger partial charge in [-0.3, -0.25) is 0 Å². The number of rotatable bonds is 6. The molecule has 0 bridgehead atoms. The van der Waals surface area contributed by atoms with Crippen molar-refractivity contribution in [3.05, 3.63) is 49.3 Å². The van der Waals surface area contributed by atoms with Crippen molar-refractivity contribution in [3.8, 4) is 22.8 Å². The highest BCUT2D eigenvalue weighted by molar-refractivity contribution is 5.75. The molecule has 0 aliphatic rings. The largest absolute Gasteiger partial charge is 0.471 e. The Labute approximate surface area is 153 Å². The number of nitrogens with zero attached hydrogens (tertiary/aromatic N) is 5. The van der Waals surface area contributed by atoms with Crippen LogP contribution in [0.5, 0.6) is 5.88 Å². The molecule has 0 spiro atoms. The van der Waals surface area contributed by atoms with Crippen LogP contribution in [0.2, 0.25) is 0 Å². The quantitative estimate of drug-likeness (QED) is 0.588. The predicted octanol–water partition coefficient (Wildman–Crippen LogP) is 3.64. The Morgan fingerprint density at radius 2 is 1.71 bits per heavy atom. The summed E-state index contributed by atoms with van der Waals surface area (Å²) in [7, 11) is 0. The van der Waals surface area contributed by atoms with E-state index in [-0.39, 0.29) is 11.4 Å². The Morgan fingerprint density at radius 3 is 2.32 bits per heavy atom. The first kappa shape index (κ1) is 19.6. The highest BCUT2D eigenvalue weighted by Crippen LogP contribution is 2.37.